The molecule has 0 saturated heterocycles. The molecule has 2 nitrogen and oxygen atoms in total. The molecule has 3 rings (SSSR count). The van der Waals surface area contributed by atoms with E-state index in [1.807, 2.05) is 0 Å². The number of alkyl halides is 7. The van der Waals surface area contributed by atoms with Crippen molar-refractivity contribution in [3.05, 3.63) is 75.8 Å². The number of nitrogens with one attached hydrogen (secondary N) is 1. The first-order valence-electron chi connectivity index (χ1n) is 9.04. The molecule has 0 atom stereocenters. The fourth-order valence-electron chi connectivity index (χ4n) is 2.76. The minimum Gasteiger partial charge on any atom is -0.242 e. The third kappa shape index (κ3) is 5.50. The van der Waals surface area contributed by atoms with Gasteiger partial charge in [-0.25, -0.2) is 5.43 Å². The fourth-order valence-corrected chi connectivity index (χ4v) is 4.37. The van der Waals surface area contributed by atoms with Gasteiger partial charge in [-0.05, 0) is 34.5 Å². The first kappa shape index (κ1) is 25.5. The molecule has 3 aromatic rings. The molecular formula is C21H13Cl2F7N2S. The van der Waals surface area contributed by atoms with E-state index in [4.69, 9.17) is 23.2 Å². The van der Waals surface area contributed by atoms with Gasteiger partial charge in [-0.2, -0.15) is 35.8 Å². The molecule has 0 heterocycles. The Balaban J connectivity index is 1.83. The standard InChI is InChI=1S/C21H13Cl2F7N2S/c22-14-7-5-13(17(23)9-14)11-33-18-8-6-12(15-3-1-2-4-16(15)18)10-31-32-21(29,30)19(24,25)20(26,27)28/h1-10,32H,11H2/b31-10+. The van der Waals surface area contributed by atoms with Crippen LogP contribution in [0.4, 0.5) is 30.7 Å². The van der Waals surface area contributed by atoms with E-state index in [2.05, 4.69) is 5.10 Å². The van der Waals surface area contributed by atoms with Gasteiger partial charge in [0.1, 0.15) is 0 Å². The van der Waals surface area contributed by atoms with Gasteiger partial charge < -0.3 is 0 Å². The Kier molecular flexibility index (Phi) is 7.40. The Morgan fingerprint density at radius 3 is 2.18 bits per heavy atom. The summed E-state index contributed by atoms with van der Waals surface area (Å²) < 4.78 is 89.4. The number of thioether (sulfide) groups is 1. The molecule has 0 aliphatic heterocycles. The van der Waals surface area contributed by atoms with Gasteiger partial charge in [0.2, 0.25) is 0 Å². The minimum absolute atomic E-state index is 0.234. The van der Waals surface area contributed by atoms with Crippen molar-refractivity contribution in [2.24, 2.45) is 5.10 Å². The smallest absolute Gasteiger partial charge is 0.242 e. The van der Waals surface area contributed by atoms with Crippen molar-refractivity contribution >= 4 is 52.0 Å². The minimum atomic E-state index is -6.45. The summed E-state index contributed by atoms with van der Waals surface area (Å²) in [6.07, 6.45) is -5.69. The maximum atomic E-state index is 13.4. The Morgan fingerprint density at radius 2 is 1.55 bits per heavy atom. The van der Waals surface area contributed by atoms with Gasteiger partial charge in [0.15, 0.2) is 0 Å². The molecule has 0 bridgehead atoms. The first-order valence-corrected chi connectivity index (χ1v) is 10.8. The summed E-state index contributed by atoms with van der Waals surface area (Å²) in [5, 5.41) is 5.16. The summed E-state index contributed by atoms with van der Waals surface area (Å²) in [7, 11) is 0. The van der Waals surface area contributed by atoms with Crippen molar-refractivity contribution in [2.45, 2.75) is 28.8 Å². The van der Waals surface area contributed by atoms with Gasteiger partial charge in [-0.3, -0.25) is 0 Å². The molecule has 0 unspecified atom stereocenters. The monoisotopic (exact) mass is 528 g/mol. The highest BCUT2D eigenvalue weighted by molar-refractivity contribution is 7.98. The highest BCUT2D eigenvalue weighted by atomic mass is 35.5. The molecule has 0 fully saturated rings. The average Bonchev–Trinajstić information content (AvgIpc) is 2.73. The highest BCUT2D eigenvalue weighted by Gasteiger charge is 2.73. The number of rotatable bonds is 7. The first-order chi connectivity index (χ1) is 15.3. The SMILES string of the molecule is FC(F)(F)C(F)(F)C(F)(F)N/N=C/c1ccc(SCc2ccc(Cl)cc2Cl)c2ccccc12. The topological polar surface area (TPSA) is 24.4 Å². The van der Waals surface area contributed by atoms with Crippen LogP contribution in [0.2, 0.25) is 10.0 Å². The lowest BCUT2D eigenvalue weighted by Crippen LogP contribution is -2.58. The van der Waals surface area contributed by atoms with Crippen LogP contribution in [0.25, 0.3) is 10.8 Å². The summed E-state index contributed by atoms with van der Waals surface area (Å²) >= 11 is 13.5. The lowest BCUT2D eigenvalue weighted by molar-refractivity contribution is -0.361. The summed E-state index contributed by atoms with van der Waals surface area (Å²) in [5.74, 6) is -5.81. The van der Waals surface area contributed by atoms with Gasteiger partial charge in [0.25, 0.3) is 0 Å². The second-order valence-electron chi connectivity index (χ2n) is 6.74. The van der Waals surface area contributed by atoms with E-state index in [0.29, 0.717) is 32.0 Å². The van der Waals surface area contributed by atoms with Crippen molar-refractivity contribution in [2.75, 3.05) is 0 Å². The van der Waals surface area contributed by atoms with Crippen LogP contribution in [0.15, 0.2) is 64.6 Å². The second-order valence-corrected chi connectivity index (χ2v) is 8.60. The van der Waals surface area contributed by atoms with Crippen LogP contribution >= 0.6 is 35.0 Å². The molecule has 0 aliphatic carbocycles. The van der Waals surface area contributed by atoms with E-state index in [0.717, 1.165) is 16.7 Å². The molecule has 0 spiro atoms. The van der Waals surface area contributed by atoms with Crippen molar-refractivity contribution in [3.63, 3.8) is 0 Å². The maximum absolute atomic E-state index is 13.4. The number of fused-ring (bicyclic) bond motifs is 1. The normalized spacial score (nSPS) is 13.1. The highest BCUT2D eigenvalue weighted by Crippen LogP contribution is 2.45. The Labute approximate surface area is 197 Å². The lowest BCUT2D eigenvalue weighted by atomic mass is 10.1. The van der Waals surface area contributed by atoms with Crippen molar-refractivity contribution in [1.29, 1.82) is 0 Å². The van der Waals surface area contributed by atoms with Crippen LogP contribution in [0.5, 0.6) is 0 Å². The molecule has 0 saturated carbocycles. The molecule has 33 heavy (non-hydrogen) atoms. The van der Waals surface area contributed by atoms with Crippen LogP contribution < -0.4 is 5.43 Å². The molecule has 0 radical (unpaired) electrons. The van der Waals surface area contributed by atoms with E-state index in [1.54, 1.807) is 48.5 Å². The maximum Gasteiger partial charge on any atom is 0.462 e. The van der Waals surface area contributed by atoms with Gasteiger partial charge >= 0.3 is 18.1 Å². The Hall–Kier alpha value is -2.17. The molecule has 12 heteroatoms. The Morgan fingerprint density at radius 1 is 0.879 bits per heavy atom. The molecule has 1 N–H and O–H groups in total. The zero-order valence-corrected chi connectivity index (χ0v) is 18.6. The van der Waals surface area contributed by atoms with Crippen LogP contribution in [0.1, 0.15) is 11.1 Å². The summed E-state index contributed by atoms with van der Waals surface area (Å²) in [5.41, 5.74) is 1.69. The zero-order valence-electron chi connectivity index (χ0n) is 16.2. The summed E-state index contributed by atoms with van der Waals surface area (Å²) in [4.78, 5) is 0.802. The predicted octanol–water partition coefficient (Wildman–Crippen LogP) is 8.15. The number of hydrogen-bond donors (Lipinski definition) is 1. The van der Waals surface area contributed by atoms with Crippen LogP contribution in [-0.4, -0.2) is 24.4 Å². The van der Waals surface area contributed by atoms with E-state index in [9.17, 15) is 30.7 Å². The largest absolute Gasteiger partial charge is 0.462 e. The number of benzene rings is 3. The zero-order chi connectivity index (χ0) is 24.4. The van der Waals surface area contributed by atoms with E-state index in [-0.39, 0.29) is 5.56 Å². The number of hydrogen-bond acceptors (Lipinski definition) is 3. The van der Waals surface area contributed by atoms with Gasteiger partial charge in [-0.1, -0.05) is 59.6 Å². The molecule has 0 amide bonds. The number of halogens is 9. The summed E-state index contributed by atoms with van der Waals surface area (Å²) in [6.45, 7) is 0. The molecular weight excluding hydrogens is 516 g/mol. The quantitative estimate of drug-likeness (QED) is 0.110. The molecule has 3 aromatic carbocycles. The fraction of sp³-hybridized carbons (Fsp3) is 0.190. The Bertz CT molecular complexity index is 1180. The van der Waals surface area contributed by atoms with Gasteiger partial charge in [0, 0.05) is 26.3 Å². The van der Waals surface area contributed by atoms with Gasteiger partial charge in [-0.15, -0.1) is 11.8 Å². The molecule has 0 aliphatic rings. The average molecular weight is 529 g/mol. The van der Waals surface area contributed by atoms with Crippen molar-refractivity contribution in [3.8, 4) is 0 Å². The molecule has 0 aromatic heterocycles. The number of nitrogens with zero attached hydrogens (tertiary/aromatic N) is 1. The van der Waals surface area contributed by atoms with Crippen LogP contribution in [0, 0.1) is 0 Å². The third-order valence-electron chi connectivity index (χ3n) is 4.48. The molecule has 176 valence electrons. The van der Waals surface area contributed by atoms with E-state index in [1.165, 1.54) is 17.8 Å². The van der Waals surface area contributed by atoms with Crippen molar-refractivity contribution in [1.82, 2.24) is 5.43 Å². The summed E-state index contributed by atoms with van der Waals surface area (Å²) in [6, 6.07) is 9.38. The van der Waals surface area contributed by atoms with Gasteiger partial charge in [0.05, 0.1) is 6.21 Å². The third-order valence-corrected chi connectivity index (χ3v) is 6.18. The van der Waals surface area contributed by atoms with E-state index >= 15 is 0 Å². The predicted molar refractivity (Wildman–Crippen MR) is 117 cm³/mol. The van der Waals surface area contributed by atoms with Crippen molar-refractivity contribution < 1.29 is 30.7 Å². The second kappa shape index (κ2) is 9.60. The van der Waals surface area contributed by atoms with Crippen LogP contribution in [-0.2, 0) is 5.75 Å². The van der Waals surface area contributed by atoms with E-state index < -0.39 is 18.1 Å². The van der Waals surface area contributed by atoms with Crippen LogP contribution in [0.3, 0.4) is 0 Å². The lowest BCUT2D eigenvalue weighted by Gasteiger charge is -2.27. The number of hydrazone groups is 1.